The van der Waals surface area contributed by atoms with E-state index in [-0.39, 0.29) is 17.9 Å². The third-order valence-electron chi connectivity index (χ3n) is 3.29. The molecule has 0 radical (unpaired) electrons. The van der Waals surface area contributed by atoms with Crippen LogP contribution in [-0.2, 0) is 4.79 Å². The van der Waals surface area contributed by atoms with E-state index in [1.807, 2.05) is 0 Å². The second kappa shape index (κ2) is 5.92. The van der Waals surface area contributed by atoms with Crippen LogP contribution in [0.25, 0.3) is 0 Å². The maximum absolute atomic E-state index is 12.1. The van der Waals surface area contributed by atoms with Crippen LogP contribution >= 0.6 is 27.5 Å². The van der Waals surface area contributed by atoms with E-state index >= 15 is 0 Å². The predicted octanol–water partition coefficient (Wildman–Crippen LogP) is 3.09. The molecule has 102 valence electrons. The van der Waals surface area contributed by atoms with Crippen molar-refractivity contribution in [2.45, 2.75) is 25.3 Å². The molecule has 0 spiro atoms. The van der Waals surface area contributed by atoms with Gasteiger partial charge < -0.3 is 10.4 Å². The lowest BCUT2D eigenvalue weighted by Crippen LogP contribution is -2.33. The molecule has 1 saturated carbocycles. The Morgan fingerprint density at radius 2 is 2.11 bits per heavy atom. The number of halogens is 2. The van der Waals surface area contributed by atoms with Crippen LogP contribution < -0.4 is 5.32 Å². The average molecular weight is 347 g/mol. The molecule has 2 N–H and O–H groups in total. The summed E-state index contributed by atoms with van der Waals surface area (Å²) in [6.45, 7) is 0. The fourth-order valence-corrected chi connectivity index (χ4v) is 2.87. The minimum atomic E-state index is -0.791. The molecule has 0 heterocycles. The summed E-state index contributed by atoms with van der Waals surface area (Å²) < 4.78 is 0.669. The molecule has 0 saturated heterocycles. The van der Waals surface area contributed by atoms with Gasteiger partial charge in [-0.05, 0) is 53.4 Å². The Balaban J connectivity index is 2.02. The summed E-state index contributed by atoms with van der Waals surface area (Å²) in [7, 11) is 0. The van der Waals surface area contributed by atoms with E-state index < -0.39 is 5.97 Å². The summed E-state index contributed by atoms with van der Waals surface area (Å²) in [6, 6.07) is 4.91. The maximum Gasteiger partial charge on any atom is 0.306 e. The van der Waals surface area contributed by atoms with Crippen molar-refractivity contribution in [1.82, 2.24) is 5.32 Å². The highest BCUT2D eigenvalue weighted by atomic mass is 79.9. The van der Waals surface area contributed by atoms with Crippen molar-refractivity contribution in [2.75, 3.05) is 0 Å². The highest BCUT2D eigenvalue weighted by molar-refractivity contribution is 9.10. The number of nitrogens with one attached hydrogen (secondary N) is 1. The number of hydrogen-bond acceptors (Lipinski definition) is 2. The van der Waals surface area contributed by atoms with Gasteiger partial charge in [0.05, 0.1) is 11.5 Å². The van der Waals surface area contributed by atoms with E-state index in [2.05, 4.69) is 21.2 Å². The van der Waals surface area contributed by atoms with Crippen molar-refractivity contribution in [2.24, 2.45) is 5.92 Å². The second-order valence-corrected chi connectivity index (χ2v) is 5.93. The lowest BCUT2D eigenvalue weighted by Gasteiger charge is -2.13. The van der Waals surface area contributed by atoms with E-state index in [1.165, 1.54) is 0 Å². The van der Waals surface area contributed by atoms with Crippen LogP contribution in [0.15, 0.2) is 22.7 Å². The quantitative estimate of drug-likeness (QED) is 0.884. The number of carbonyl (C=O) groups is 2. The Morgan fingerprint density at radius 3 is 2.74 bits per heavy atom. The van der Waals surface area contributed by atoms with Crippen LogP contribution in [-0.4, -0.2) is 23.0 Å². The van der Waals surface area contributed by atoms with E-state index in [9.17, 15) is 9.59 Å². The predicted molar refractivity (Wildman–Crippen MR) is 75.4 cm³/mol. The van der Waals surface area contributed by atoms with E-state index in [0.717, 1.165) is 0 Å². The summed E-state index contributed by atoms with van der Waals surface area (Å²) in [5.41, 5.74) is 0.464. The minimum Gasteiger partial charge on any atom is -0.481 e. The lowest BCUT2D eigenvalue weighted by molar-refractivity contribution is -0.141. The second-order valence-electron chi connectivity index (χ2n) is 4.64. The number of carbonyl (C=O) groups excluding carboxylic acids is 1. The number of hydrogen-bond donors (Lipinski definition) is 2. The number of benzene rings is 1. The number of aliphatic carboxylic acids is 1. The summed E-state index contributed by atoms with van der Waals surface area (Å²) in [5, 5.41) is 12.3. The largest absolute Gasteiger partial charge is 0.481 e. The third-order valence-corrected chi connectivity index (χ3v) is 4.22. The molecule has 0 aromatic heterocycles. The highest BCUT2D eigenvalue weighted by Gasteiger charge is 2.30. The first-order chi connectivity index (χ1) is 8.97. The summed E-state index contributed by atoms with van der Waals surface area (Å²) in [6.07, 6.45) is 1.79. The smallest absolute Gasteiger partial charge is 0.306 e. The molecule has 1 aromatic rings. The first kappa shape index (κ1) is 14.3. The SMILES string of the molecule is O=C(N[C@@H]1CC[C@H](C(=O)O)C1)c1cc(Cl)ccc1Br. The Bertz CT molecular complexity index is 521. The van der Waals surface area contributed by atoms with Crippen molar-refractivity contribution in [3.63, 3.8) is 0 Å². The molecular formula is C13H13BrClNO3. The molecular weight excluding hydrogens is 334 g/mol. The standard InChI is InChI=1S/C13H13BrClNO3/c14-11-4-2-8(15)6-10(11)12(17)16-9-3-1-7(5-9)13(18)19/h2,4,6-7,9H,1,3,5H2,(H,16,17)(H,18,19)/t7-,9+/m0/s1. The Kier molecular flexibility index (Phi) is 4.47. The Hall–Kier alpha value is -1.07. The van der Waals surface area contributed by atoms with Gasteiger partial charge in [-0.1, -0.05) is 11.6 Å². The minimum absolute atomic E-state index is 0.0838. The lowest BCUT2D eigenvalue weighted by atomic mass is 10.1. The molecule has 2 rings (SSSR count). The van der Waals surface area contributed by atoms with Gasteiger partial charge in [-0.25, -0.2) is 0 Å². The summed E-state index contributed by atoms with van der Waals surface area (Å²) >= 11 is 9.17. The molecule has 4 nitrogen and oxygen atoms in total. The van der Waals surface area contributed by atoms with Gasteiger partial charge in [-0.2, -0.15) is 0 Å². The zero-order valence-corrected chi connectivity index (χ0v) is 12.4. The van der Waals surface area contributed by atoms with Gasteiger partial charge in [0.1, 0.15) is 0 Å². The summed E-state index contributed by atoms with van der Waals surface area (Å²) in [4.78, 5) is 23.0. The Morgan fingerprint density at radius 1 is 1.37 bits per heavy atom. The van der Waals surface area contributed by atoms with Crippen molar-refractivity contribution < 1.29 is 14.7 Å². The van der Waals surface area contributed by atoms with E-state index in [1.54, 1.807) is 18.2 Å². The summed E-state index contributed by atoms with van der Waals surface area (Å²) in [5.74, 6) is -1.38. The van der Waals surface area contributed by atoms with Crippen LogP contribution in [0.5, 0.6) is 0 Å². The van der Waals surface area contributed by atoms with Crippen LogP contribution in [0, 0.1) is 5.92 Å². The van der Waals surface area contributed by atoms with Gasteiger partial charge in [-0.3, -0.25) is 9.59 Å². The van der Waals surface area contributed by atoms with Gasteiger partial charge in [0.15, 0.2) is 0 Å². The van der Waals surface area contributed by atoms with Crippen molar-refractivity contribution in [3.05, 3.63) is 33.3 Å². The average Bonchev–Trinajstić information content (AvgIpc) is 2.80. The molecule has 6 heteroatoms. The van der Waals surface area contributed by atoms with Gasteiger partial charge >= 0.3 is 5.97 Å². The Labute approximate surface area is 124 Å². The zero-order chi connectivity index (χ0) is 14.0. The first-order valence-corrected chi connectivity index (χ1v) is 7.13. The third kappa shape index (κ3) is 3.48. The van der Waals surface area contributed by atoms with Crippen LogP contribution in [0.2, 0.25) is 5.02 Å². The van der Waals surface area contributed by atoms with E-state index in [4.69, 9.17) is 16.7 Å². The molecule has 0 unspecified atom stereocenters. The molecule has 19 heavy (non-hydrogen) atoms. The molecule has 1 aliphatic carbocycles. The van der Waals surface area contributed by atoms with Crippen LogP contribution in [0.1, 0.15) is 29.6 Å². The van der Waals surface area contributed by atoms with Gasteiger partial charge in [0.2, 0.25) is 0 Å². The van der Waals surface area contributed by atoms with Crippen molar-refractivity contribution >= 4 is 39.4 Å². The van der Waals surface area contributed by atoms with Gasteiger partial charge in [0.25, 0.3) is 5.91 Å². The number of carboxylic acids is 1. The van der Waals surface area contributed by atoms with E-state index in [0.29, 0.717) is 34.3 Å². The molecule has 1 amide bonds. The maximum atomic E-state index is 12.1. The molecule has 0 aliphatic heterocycles. The van der Waals surface area contributed by atoms with Crippen LogP contribution in [0.3, 0.4) is 0 Å². The monoisotopic (exact) mass is 345 g/mol. The van der Waals surface area contributed by atoms with Crippen molar-refractivity contribution in [3.8, 4) is 0 Å². The van der Waals surface area contributed by atoms with Crippen LogP contribution in [0.4, 0.5) is 0 Å². The first-order valence-electron chi connectivity index (χ1n) is 5.96. The number of amides is 1. The molecule has 2 atom stereocenters. The molecule has 1 aromatic carbocycles. The molecule has 0 bridgehead atoms. The number of carboxylic acid groups (broad SMARTS) is 1. The fourth-order valence-electron chi connectivity index (χ4n) is 2.27. The number of rotatable bonds is 3. The fraction of sp³-hybridized carbons (Fsp3) is 0.385. The van der Waals surface area contributed by atoms with Crippen molar-refractivity contribution in [1.29, 1.82) is 0 Å². The highest BCUT2D eigenvalue weighted by Crippen LogP contribution is 2.27. The van der Waals surface area contributed by atoms with Gasteiger partial charge in [0, 0.05) is 15.5 Å². The zero-order valence-electron chi connectivity index (χ0n) is 10.0. The topological polar surface area (TPSA) is 66.4 Å². The molecule has 1 fully saturated rings. The molecule has 1 aliphatic rings. The normalized spacial score (nSPS) is 22.2. The van der Waals surface area contributed by atoms with Gasteiger partial charge in [-0.15, -0.1) is 0 Å².